The number of rotatable bonds is 4. The number of ether oxygens (including phenoxy) is 1. The van der Waals surface area contributed by atoms with Crippen LogP contribution >= 0.6 is 0 Å². The van der Waals surface area contributed by atoms with Crippen molar-refractivity contribution in [3.05, 3.63) is 10.4 Å². The summed E-state index contributed by atoms with van der Waals surface area (Å²) in [5.74, 6) is 0. The second-order valence-corrected chi connectivity index (χ2v) is 7.70. The molecule has 1 saturated heterocycles. The van der Waals surface area contributed by atoms with Gasteiger partial charge in [0.1, 0.15) is 0 Å². The maximum atomic E-state index is 12.0. The Morgan fingerprint density at radius 3 is 2.63 bits per heavy atom. The van der Waals surface area contributed by atoms with Crippen LogP contribution in [-0.4, -0.2) is 38.5 Å². The average molecular weight is 290 g/mol. The lowest BCUT2D eigenvalue weighted by molar-refractivity contribution is -0.177. The molecule has 0 bridgehead atoms. The topological polar surface area (TPSA) is 107 Å². The monoisotopic (exact) mass is 290 g/mol. The Labute approximate surface area is 115 Å². The maximum Gasteiger partial charge on any atom is 0.163 e. The Kier molecular flexibility index (Phi) is 5.76. The van der Waals surface area contributed by atoms with Crippen molar-refractivity contribution in [2.75, 3.05) is 0 Å². The lowest BCUT2D eigenvalue weighted by atomic mass is 10.0. The molecule has 0 amide bonds. The van der Waals surface area contributed by atoms with Crippen molar-refractivity contribution in [2.45, 2.75) is 69.8 Å². The molecule has 7 nitrogen and oxygen atoms in total. The lowest BCUT2D eigenvalue weighted by Gasteiger charge is -2.35. The molecule has 19 heavy (non-hydrogen) atoms. The van der Waals surface area contributed by atoms with Crippen molar-refractivity contribution in [3.63, 3.8) is 0 Å². The second kappa shape index (κ2) is 6.67. The van der Waals surface area contributed by atoms with Gasteiger partial charge in [0.05, 0.1) is 27.9 Å². The lowest BCUT2D eigenvalue weighted by Crippen LogP contribution is -2.49. The molecule has 0 aromatic rings. The third kappa shape index (κ3) is 4.74. The Bertz CT molecular complexity index is 379. The number of hydrogen-bond acceptors (Lipinski definition) is 4. The predicted octanol–water partition coefficient (Wildman–Crippen LogP) is 1.60. The van der Waals surface area contributed by atoms with E-state index in [0.29, 0.717) is 12.8 Å². The van der Waals surface area contributed by atoms with E-state index in [1.165, 1.54) is 0 Å². The van der Waals surface area contributed by atoms with Crippen LogP contribution in [0.1, 0.15) is 40.5 Å². The van der Waals surface area contributed by atoms with Crippen LogP contribution in [0.4, 0.5) is 0 Å². The zero-order valence-corrected chi connectivity index (χ0v) is 12.6. The van der Waals surface area contributed by atoms with Crippen molar-refractivity contribution in [1.29, 1.82) is 0 Å². The minimum absolute atomic E-state index is 0.151. The minimum atomic E-state index is -1.19. The molecule has 8 heteroatoms. The standard InChI is InChI=1S/C11H22N4O3S/c1-7(14-19(17)11(2,3)4)9-6-5-8(13-15-12)10(16)18-9/h7-10,14,16H,5-6H2,1-4H3/t7-,8?,9+,10?,19?/m1/s1. The Balaban J connectivity index is 2.54. The fourth-order valence-electron chi connectivity index (χ4n) is 1.79. The summed E-state index contributed by atoms with van der Waals surface area (Å²) in [6.45, 7) is 7.53. The van der Waals surface area contributed by atoms with Crippen LogP contribution in [0.3, 0.4) is 0 Å². The molecule has 1 aliphatic heterocycles. The van der Waals surface area contributed by atoms with Gasteiger partial charge in [0.25, 0.3) is 0 Å². The summed E-state index contributed by atoms with van der Waals surface area (Å²) in [5, 5.41) is 13.2. The van der Waals surface area contributed by atoms with Gasteiger partial charge in [0.15, 0.2) is 6.29 Å². The molecule has 0 radical (unpaired) electrons. The SMILES string of the molecule is C[C@@H](NS(=O)C(C)(C)C)[C@@H]1CCC(N=[N+]=[N-])C(O)O1. The van der Waals surface area contributed by atoms with Gasteiger partial charge in [-0.05, 0) is 46.1 Å². The smallest absolute Gasteiger partial charge is 0.163 e. The van der Waals surface area contributed by atoms with Crippen LogP contribution < -0.4 is 4.72 Å². The quantitative estimate of drug-likeness (QED) is 0.466. The molecule has 0 saturated carbocycles. The van der Waals surface area contributed by atoms with Crippen molar-refractivity contribution in [2.24, 2.45) is 5.11 Å². The van der Waals surface area contributed by atoms with Crippen LogP contribution in [0.5, 0.6) is 0 Å². The van der Waals surface area contributed by atoms with Crippen molar-refractivity contribution in [3.8, 4) is 0 Å². The van der Waals surface area contributed by atoms with E-state index in [4.69, 9.17) is 10.3 Å². The van der Waals surface area contributed by atoms with Crippen molar-refractivity contribution in [1.82, 2.24) is 4.72 Å². The predicted molar refractivity (Wildman–Crippen MR) is 73.5 cm³/mol. The van der Waals surface area contributed by atoms with Gasteiger partial charge in [-0.25, -0.2) is 8.93 Å². The molecule has 0 aliphatic carbocycles. The average Bonchev–Trinajstić information content (AvgIpc) is 2.30. The third-order valence-electron chi connectivity index (χ3n) is 3.00. The molecule has 1 rings (SSSR count). The van der Waals surface area contributed by atoms with Crippen LogP contribution in [0.2, 0.25) is 0 Å². The normalized spacial score (nSPS) is 31.3. The molecule has 1 aliphatic rings. The van der Waals surface area contributed by atoms with E-state index < -0.39 is 23.3 Å². The Hall–Kier alpha value is -0.660. The summed E-state index contributed by atoms with van der Waals surface area (Å²) in [6, 6.07) is -0.691. The zero-order chi connectivity index (χ0) is 14.6. The molecule has 5 atom stereocenters. The molecular formula is C11H22N4O3S. The first-order chi connectivity index (χ1) is 8.75. The number of nitrogens with zero attached hydrogens (tertiary/aromatic N) is 3. The Morgan fingerprint density at radius 2 is 2.16 bits per heavy atom. The molecule has 0 aromatic heterocycles. The van der Waals surface area contributed by atoms with Crippen LogP contribution in [0.15, 0.2) is 5.11 Å². The van der Waals surface area contributed by atoms with E-state index in [-0.39, 0.29) is 16.9 Å². The van der Waals surface area contributed by atoms with Crippen LogP contribution in [-0.2, 0) is 15.7 Å². The highest BCUT2D eigenvalue weighted by atomic mass is 32.2. The highest BCUT2D eigenvalue weighted by Gasteiger charge is 2.33. The van der Waals surface area contributed by atoms with E-state index in [1.807, 2.05) is 27.7 Å². The Morgan fingerprint density at radius 1 is 1.53 bits per heavy atom. The maximum absolute atomic E-state index is 12.0. The summed E-state index contributed by atoms with van der Waals surface area (Å²) < 4.78 is 20.0. The van der Waals surface area contributed by atoms with Crippen LogP contribution in [0.25, 0.3) is 10.4 Å². The van der Waals surface area contributed by atoms with Gasteiger partial charge >= 0.3 is 0 Å². The fourth-order valence-corrected chi connectivity index (χ4v) is 2.63. The highest BCUT2D eigenvalue weighted by molar-refractivity contribution is 7.84. The van der Waals surface area contributed by atoms with E-state index >= 15 is 0 Å². The number of aliphatic hydroxyl groups excluding tert-OH is 1. The van der Waals surface area contributed by atoms with Crippen molar-refractivity contribution < 1.29 is 14.1 Å². The van der Waals surface area contributed by atoms with Gasteiger partial charge in [0, 0.05) is 11.0 Å². The second-order valence-electron chi connectivity index (χ2n) is 5.70. The largest absolute Gasteiger partial charge is 0.368 e. The number of nitrogens with one attached hydrogen (secondary N) is 1. The molecule has 1 fully saturated rings. The van der Waals surface area contributed by atoms with Gasteiger partial charge in [-0.2, -0.15) is 0 Å². The van der Waals surface area contributed by atoms with Gasteiger partial charge in [-0.3, -0.25) is 0 Å². The van der Waals surface area contributed by atoms with E-state index in [1.54, 1.807) is 0 Å². The van der Waals surface area contributed by atoms with Crippen molar-refractivity contribution >= 4 is 11.0 Å². The summed E-state index contributed by atoms with van der Waals surface area (Å²) in [5.41, 5.74) is 8.36. The van der Waals surface area contributed by atoms with E-state index in [0.717, 1.165) is 0 Å². The molecular weight excluding hydrogens is 268 g/mol. The number of aliphatic hydroxyl groups is 1. The molecule has 0 aromatic carbocycles. The minimum Gasteiger partial charge on any atom is -0.368 e. The summed E-state index contributed by atoms with van der Waals surface area (Å²) in [4.78, 5) is 2.68. The molecule has 1 heterocycles. The molecule has 2 N–H and O–H groups in total. The first-order valence-corrected chi connectivity index (χ1v) is 7.46. The van der Waals surface area contributed by atoms with E-state index in [9.17, 15) is 9.32 Å². The molecule has 3 unspecified atom stereocenters. The van der Waals surface area contributed by atoms with Gasteiger partial charge in [0.2, 0.25) is 0 Å². The van der Waals surface area contributed by atoms with E-state index in [2.05, 4.69) is 14.7 Å². The highest BCUT2D eigenvalue weighted by Crippen LogP contribution is 2.23. The van der Waals surface area contributed by atoms with Gasteiger partial charge < -0.3 is 9.84 Å². The number of hydrogen-bond donors (Lipinski definition) is 2. The first kappa shape index (κ1) is 16.4. The third-order valence-corrected chi connectivity index (χ3v) is 4.70. The van der Waals surface area contributed by atoms with Gasteiger partial charge in [-0.15, -0.1) is 0 Å². The summed E-state index contributed by atoms with van der Waals surface area (Å²) in [6.07, 6.45) is -0.131. The van der Waals surface area contributed by atoms with Crippen LogP contribution in [0, 0.1) is 0 Å². The molecule has 0 spiro atoms. The first-order valence-electron chi connectivity index (χ1n) is 6.31. The fraction of sp³-hybridized carbons (Fsp3) is 1.00. The zero-order valence-electron chi connectivity index (χ0n) is 11.7. The molecule has 110 valence electrons. The summed E-state index contributed by atoms with van der Waals surface area (Å²) >= 11 is 0. The van der Waals surface area contributed by atoms with Gasteiger partial charge in [-0.1, -0.05) is 5.11 Å². The summed E-state index contributed by atoms with van der Waals surface area (Å²) in [7, 11) is -1.19. The number of azide groups is 1.